The largest absolute Gasteiger partial charge is 0.348 e. The maximum atomic E-state index is 12.9. The van der Waals surface area contributed by atoms with E-state index in [1.807, 2.05) is 62.4 Å². The van der Waals surface area contributed by atoms with Crippen molar-refractivity contribution in [2.24, 2.45) is 0 Å². The van der Waals surface area contributed by atoms with E-state index in [0.29, 0.717) is 5.69 Å². The second-order valence-electron chi connectivity index (χ2n) is 6.77. The van der Waals surface area contributed by atoms with Gasteiger partial charge < -0.3 is 5.32 Å². The first-order chi connectivity index (χ1) is 12.5. The van der Waals surface area contributed by atoms with Crippen molar-refractivity contribution < 1.29 is 4.79 Å². The van der Waals surface area contributed by atoms with E-state index in [2.05, 4.69) is 25.2 Å². The highest BCUT2D eigenvalue weighted by Gasteiger charge is 2.19. The van der Waals surface area contributed by atoms with Crippen molar-refractivity contribution in [2.75, 3.05) is 0 Å². The van der Waals surface area contributed by atoms with Crippen molar-refractivity contribution in [1.29, 1.82) is 0 Å². The lowest BCUT2D eigenvalue weighted by atomic mass is 10.1. The van der Waals surface area contributed by atoms with E-state index in [9.17, 15) is 4.79 Å². The SMILES string of the molecule is CCC(C)NC(=O)c1cc(-c2ccccc2)nn1-c1ccc(C)cc1C. The number of nitrogens with zero attached hydrogens (tertiary/aromatic N) is 2. The van der Waals surface area contributed by atoms with Crippen molar-refractivity contribution in [2.45, 2.75) is 40.2 Å². The lowest BCUT2D eigenvalue weighted by molar-refractivity contribution is 0.0931. The van der Waals surface area contributed by atoms with Crippen molar-refractivity contribution >= 4 is 5.91 Å². The van der Waals surface area contributed by atoms with Gasteiger partial charge in [0, 0.05) is 11.6 Å². The summed E-state index contributed by atoms with van der Waals surface area (Å²) < 4.78 is 1.76. The Bertz CT molecular complexity index is 912. The summed E-state index contributed by atoms with van der Waals surface area (Å²) in [6, 6.07) is 18.1. The molecular formula is C22H25N3O. The molecule has 0 fully saturated rings. The quantitative estimate of drug-likeness (QED) is 0.728. The number of carbonyl (C=O) groups is 1. The normalized spacial score (nSPS) is 12.0. The third-order valence-corrected chi connectivity index (χ3v) is 4.58. The average Bonchev–Trinajstić information content (AvgIpc) is 3.07. The van der Waals surface area contributed by atoms with Crippen LogP contribution in [0.25, 0.3) is 16.9 Å². The van der Waals surface area contributed by atoms with Crippen LogP contribution >= 0.6 is 0 Å². The fourth-order valence-corrected chi connectivity index (χ4v) is 2.92. The topological polar surface area (TPSA) is 46.9 Å². The lowest BCUT2D eigenvalue weighted by Crippen LogP contribution is -2.33. The third-order valence-electron chi connectivity index (χ3n) is 4.58. The van der Waals surface area contributed by atoms with Crippen LogP contribution in [0, 0.1) is 13.8 Å². The molecule has 0 spiro atoms. The van der Waals surface area contributed by atoms with Crippen LogP contribution in [0.2, 0.25) is 0 Å². The Balaban J connectivity index is 2.11. The molecule has 0 saturated heterocycles. The molecule has 4 nitrogen and oxygen atoms in total. The van der Waals surface area contributed by atoms with E-state index in [-0.39, 0.29) is 11.9 Å². The number of rotatable bonds is 5. The molecule has 1 unspecified atom stereocenters. The number of aryl methyl sites for hydroxylation is 2. The smallest absolute Gasteiger partial charge is 0.270 e. The van der Waals surface area contributed by atoms with Crippen LogP contribution < -0.4 is 5.32 Å². The molecular weight excluding hydrogens is 322 g/mol. The minimum Gasteiger partial charge on any atom is -0.348 e. The van der Waals surface area contributed by atoms with Gasteiger partial charge in [-0.3, -0.25) is 4.79 Å². The first kappa shape index (κ1) is 17.9. The molecule has 1 amide bonds. The molecule has 134 valence electrons. The standard InChI is InChI=1S/C22H25N3O/c1-5-17(4)23-22(26)21-14-19(18-9-7-6-8-10-18)24-25(21)20-12-11-15(2)13-16(20)3/h6-14,17H,5H2,1-4H3,(H,23,26). The van der Waals surface area contributed by atoms with Crippen molar-refractivity contribution in [3.8, 4) is 16.9 Å². The minimum atomic E-state index is -0.103. The van der Waals surface area contributed by atoms with Crippen LogP contribution in [0.5, 0.6) is 0 Å². The van der Waals surface area contributed by atoms with Crippen molar-refractivity contribution in [1.82, 2.24) is 15.1 Å². The van der Waals surface area contributed by atoms with Gasteiger partial charge in [0.25, 0.3) is 5.91 Å². The predicted molar refractivity (Wildman–Crippen MR) is 106 cm³/mol. The molecule has 0 radical (unpaired) electrons. The summed E-state index contributed by atoms with van der Waals surface area (Å²) in [6.07, 6.45) is 0.884. The van der Waals surface area contributed by atoms with Crippen molar-refractivity contribution in [3.05, 3.63) is 71.4 Å². The Morgan fingerprint density at radius 1 is 1.12 bits per heavy atom. The van der Waals surface area contributed by atoms with Gasteiger partial charge in [-0.2, -0.15) is 5.10 Å². The monoisotopic (exact) mass is 347 g/mol. The van der Waals surface area contributed by atoms with Gasteiger partial charge in [0.1, 0.15) is 5.69 Å². The first-order valence-electron chi connectivity index (χ1n) is 9.03. The highest BCUT2D eigenvalue weighted by Crippen LogP contribution is 2.24. The van der Waals surface area contributed by atoms with Gasteiger partial charge in [-0.05, 0) is 44.9 Å². The Hall–Kier alpha value is -2.88. The number of benzene rings is 2. The Kier molecular flexibility index (Phi) is 5.21. The molecule has 0 bridgehead atoms. The van der Waals surface area contributed by atoms with Gasteiger partial charge >= 0.3 is 0 Å². The minimum absolute atomic E-state index is 0.103. The third kappa shape index (κ3) is 3.69. The van der Waals surface area contributed by atoms with Crippen LogP contribution in [0.1, 0.15) is 41.9 Å². The zero-order valence-corrected chi connectivity index (χ0v) is 15.8. The molecule has 0 aliphatic rings. The van der Waals surface area contributed by atoms with Crippen LogP contribution in [-0.2, 0) is 0 Å². The fourth-order valence-electron chi connectivity index (χ4n) is 2.92. The Morgan fingerprint density at radius 3 is 2.50 bits per heavy atom. The van der Waals surface area contributed by atoms with Crippen LogP contribution in [-0.4, -0.2) is 21.7 Å². The molecule has 0 aliphatic carbocycles. The van der Waals surface area contributed by atoms with Crippen LogP contribution in [0.15, 0.2) is 54.6 Å². The molecule has 1 aromatic heterocycles. The molecule has 3 aromatic rings. The second kappa shape index (κ2) is 7.56. The number of hydrogen-bond acceptors (Lipinski definition) is 2. The highest BCUT2D eigenvalue weighted by atomic mass is 16.2. The molecule has 26 heavy (non-hydrogen) atoms. The molecule has 1 N–H and O–H groups in total. The lowest BCUT2D eigenvalue weighted by Gasteiger charge is -2.14. The number of aromatic nitrogens is 2. The summed E-state index contributed by atoms with van der Waals surface area (Å²) in [5, 5.41) is 7.80. The zero-order valence-electron chi connectivity index (χ0n) is 15.8. The molecule has 3 rings (SSSR count). The number of hydrogen-bond donors (Lipinski definition) is 1. The van der Waals surface area contributed by atoms with Gasteiger partial charge in [-0.15, -0.1) is 0 Å². The van der Waals surface area contributed by atoms with E-state index in [1.165, 1.54) is 5.56 Å². The number of nitrogens with one attached hydrogen (secondary N) is 1. The molecule has 1 atom stereocenters. The summed E-state index contributed by atoms with van der Waals surface area (Å²) in [7, 11) is 0. The first-order valence-corrected chi connectivity index (χ1v) is 9.03. The molecule has 0 aliphatic heterocycles. The highest BCUT2D eigenvalue weighted by molar-refractivity contribution is 5.94. The van der Waals surface area contributed by atoms with Gasteiger partial charge in [0.05, 0.1) is 11.4 Å². The maximum Gasteiger partial charge on any atom is 0.270 e. The summed E-state index contributed by atoms with van der Waals surface area (Å²) in [6.45, 7) is 8.17. The number of carbonyl (C=O) groups excluding carboxylic acids is 1. The summed E-state index contributed by atoms with van der Waals surface area (Å²) in [5.41, 5.74) is 5.54. The molecule has 1 heterocycles. The van der Waals surface area contributed by atoms with Crippen LogP contribution in [0.3, 0.4) is 0 Å². The van der Waals surface area contributed by atoms with Gasteiger partial charge in [0.15, 0.2) is 0 Å². The van der Waals surface area contributed by atoms with Gasteiger partial charge in [-0.25, -0.2) is 4.68 Å². The van der Waals surface area contributed by atoms with Crippen molar-refractivity contribution in [3.63, 3.8) is 0 Å². The van der Waals surface area contributed by atoms with Gasteiger partial charge in [0.2, 0.25) is 0 Å². The predicted octanol–water partition coefficient (Wildman–Crippen LogP) is 4.68. The van der Waals surface area contributed by atoms with Gasteiger partial charge in [-0.1, -0.05) is 55.0 Å². The fraction of sp³-hybridized carbons (Fsp3) is 0.273. The maximum absolute atomic E-state index is 12.9. The second-order valence-corrected chi connectivity index (χ2v) is 6.77. The number of amides is 1. The molecule has 0 saturated carbocycles. The van der Waals surface area contributed by atoms with E-state index >= 15 is 0 Å². The summed E-state index contributed by atoms with van der Waals surface area (Å²) in [4.78, 5) is 12.9. The average molecular weight is 347 g/mol. The Labute approximate surface area is 154 Å². The van der Waals surface area contributed by atoms with E-state index < -0.39 is 0 Å². The zero-order chi connectivity index (χ0) is 18.7. The molecule has 4 heteroatoms. The van der Waals surface area contributed by atoms with Crippen LogP contribution in [0.4, 0.5) is 0 Å². The summed E-state index contributed by atoms with van der Waals surface area (Å²) in [5.74, 6) is -0.103. The Morgan fingerprint density at radius 2 is 1.85 bits per heavy atom. The van der Waals surface area contributed by atoms with E-state index in [1.54, 1.807) is 4.68 Å². The summed E-state index contributed by atoms with van der Waals surface area (Å²) >= 11 is 0. The molecule has 2 aromatic carbocycles. The van der Waals surface area contributed by atoms with E-state index in [0.717, 1.165) is 28.9 Å². The van der Waals surface area contributed by atoms with E-state index in [4.69, 9.17) is 5.10 Å².